The van der Waals surface area contributed by atoms with Gasteiger partial charge in [0.1, 0.15) is 0 Å². The van der Waals surface area contributed by atoms with Crippen LogP contribution in [0.3, 0.4) is 0 Å². The fraction of sp³-hybridized carbons (Fsp3) is 0.667. The van der Waals surface area contributed by atoms with Gasteiger partial charge in [-0.05, 0) is 63.1 Å². The Balaban J connectivity index is 2.08. The largest absolute Gasteiger partial charge is 0.490 e. The fourth-order valence-electron chi connectivity index (χ4n) is 2.85. The van der Waals surface area contributed by atoms with E-state index in [1.165, 1.54) is 24.8 Å². The average Bonchev–Trinajstić information content (AvgIpc) is 2.51. The summed E-state index contributed by atoms with van der Waals surface area (Å²) in [6, 6.07) is 6.48. The summed E-state index contributed by atoms with van der Waals surface area (Å²) in [5, 5.41) is 0. The van der Waals surface area contributed by atoms with Crippen LogP contribution in [-0.2, 0) is 6.42 Å². The summed E-state index contributed by atoms with van der Waals surface area (Å²) in [5.41, 5.74) is 7.27. The third-order valence-corrected chi connectivity index (χ3v) is 4.18. The molecular formula is C18H29NO2. The Morgan fingerprint density at radius 1 is 1.14 bits per heavy atom. The monoisotopic (exact) mass is 291 g/mol. The molecular weight excluding hydrogens is 262 g/mol. The lowest BCUT2D eigenvalue weighted by molar-refractivity contribution is 0.147. The smallest absolute Gasteiger partial charge is 0.161 e. The number of nitrogens with two attached hydrogens (primary N) is 1. The minimum atomic E-state index is 0.213. The average molecular weight is 291 g/mol. The maximum atomic E-state index is 6.17. The number of benzene rings is 1. The van der Waals surface area contributed by atoms with Gasteiger partial charge in [-0.15, -0.1) is 0 Å². The fourth-order valence-corrected chi connectivity index (χ4v) is 2.85. The lowest BCUT2D eigenvalue weighted by atomic mass is 9.97. The summed E-state index contributed by atoms with van der Waals surface area (Å²) in [4.78, 5) is 0. The van der Waals surface area contributed by atoms with Gasteiger partial charge in [0.25, 0.3) is 0 Å². The van der Waals surface area contributed by atoms with Gasteiger partial charge in [-0.1, -0.05) is 19.4 Å². The van der Waals surface area contributed by atoms with Crippen LogP contribution in [0.5, 0.6) is 11.5 Å². The molecule has 1 aromatic carbocycles. The first-order chi connectivity index (χ1) is 10.2. The molecule has 0 aliphatic heterocycles. The Morgan fingerprint density at radius 3 is 2.57 bits per heavy atom. The van der Waals surface area contributed by atoms with E-state index in [0.29, 0.717) is 12.7 Å². The van der Waals surface area contributed by atoms with Crippen molar-refractivity contribution in [2.75, 3.05) is 6.61 Å². The van der Waals surface area contributed by atoms with E-state index in [9.17, 15) is 0 Å². The first-order valence-corrected chi connectivity index (χ1v) is 8.40. The first kappa shape index (κ1) is 16.2. The maximum absolute atomic E-state index is 6.17. The molecule has 1 atom stereocenters. The van der Waals surface area contributed by atoms with E-state index >= 15 is 0 Å². The summed E-state index contributed by atoms with van der Waals surface area (Å²) in [6.07, 6.45) is 8.44. The molecule has 3 heteroatoms. The minimum absolute atomic E-state index is 0.213. The van der Waals surface area contributed by atoms with Crippen molar-refractivity contribution < 1.29 is 9.47 Å². The highest BCUT2D eigenvalue weighted by Crippen LogP contribution is 2.32. The zero-order chi connectivity index (χ0) is 15.1. The van der Waals surface area contributed by atoms with Crippen LogP contribution in [0, 0.1) is 0 Å². The van der Waals surface area contributed by atoms with E-state index < -0.39 is 0 Å². The molecule has 1 aliphatic carbocycles. The lowest BCUT2D eigenvalue weighted by Crippen LogP contribution is -2.22. The van der Waals surface area contributed by atoms with Gasteiger partial charge in [-0.3, -0.25) is 0 Å². The molecule has 3 nitrogen and oxygen atoms in total. The van der Waals surface area contributed by atoms with Gasteiger partial charge >= 0.3 is 0 Å². The first-order valence-electron chi connectivity index (χ1n) is 8.40. The van der Waals surface area contributed by atoms with Crippen molar-refractivity contribution in [1.82, 2.24) is 0 Å². The quantitative estimate of drug-likeness (QED) is 0.823. The standard InChI is InChI=1S/C18H29NO2/c1-3-15(19)12-14-10-11-17(18(13-14)20-4-2)21-16-8-6-5-7-9-16/h10-11,13,15-16H,3-9,12,19H2,1-2H3. The van der Waals surface area contributed by atoms with Gasteiger partial charge in [0.15, 0.2) is 11.5 Å². The third-order valence-electron chi connectivity index (χ3n) is 4.18. The van der Waals surface area contributed by atoms with Crippen molar-refractivity contribution in [3.05, 3.63) is 23.8 Å². The molecule has 2 rings (SSSR count). The van der Waals surface area contributed by atoms with E-state index in [1.54, 1.807) is 0 Å². The van der Waals surface area contributed by atoms with Crippen LogP contribution in [0.15, 0.2) is 18.2 Å². The molecule has 1 fully saturated rings. The highest BCUT2D eigenvalue weighted by Gasteiger charge is 2.17. The Labute approximate surface area is 128 Å². The van der Waals surface area contributed by atoms with E-state index in [1.807, 2.05) is 6.92 Å². The molecule has 0 heterocycles. The SMILES string of the molecule is CCOc1cc(CC(N)CC)ccc1OC1CCCCC1. The molecule has 1 aromatic rings. The Hall–Kier alpha value is -1.22. The third kappa shape index (κ3) is 4.92. The molecule has 0 bridgehead atoms. The summed E-state index contributed by atoms with van der Waals surface area (Å²) >= 11 is 0. The van der Waals surface area contributed by atoms with Crippen LogP contribution >= 0.6 is 0 Å². The molecule has 0 radical (unpaired) electrons. The molecule has 1 unspecified atom stereocenters. The summed E-state index contributed by atoms with van der Waals surface area (Å²) in [5.74, 6) is 1.75. The normalized spacial score (nSPS) is 17.5. The van der Waals surface area contributed by atoms with E-state index in [0.717, 1.165) is 37.2 Å². The lowest BCUT2D eigenvalue weighted by Gasteiger charge is -2.24. The molecule has 0 saturated heterocycles. The van der Waals surface area contributed by atoms with Gasteiger partial charge in [-0.25, -0.2) is 0 Å². The molecule has 2 N–H and O–H groups in total. The van der Waals surface area contributed by atoms with Crippen molar-refractivity contribution >= 4 is 0 Å². The van der Waals surface area contributed by atoms with E-state index in [2.05, 4.69) is 25.1 Å². The topological polar surface area (TPSA) is 44.5 Å². The summed E-state index contributed by atoms with van der Waals surface area (Å²) in [6.45, 7) is 4.79. The number of hydrogen-bond donors (Lipinski definition) is 1. The molecule has 1 aliphatic rings. The molecule has 0 amide bonds. The van der Waals surface area contributed by atoms with Crippen LogP contribution < -0.4 is 15.2 Å². The van der Waals surface area contributed by atoms with Crippen molar-refractivity contribution in [2.45, 2.75) is 70.9 Å². The number of hydrogen-bond acceptors (Lipinski definition) is 3. The molecule has 118 valence electrons. The summed E-state index contributed by atoms with van der Waals surface area (Å²) in [7, 11) is 0. The Kier molecular flexibility index (Phi) is 6.37. The van der Waals surface area contributed by atoms with Gasteiger partial charge in [0.2, 0.25) is 0 Å². The van der Waals surface area contributed by atoms with Gasteiger partial charge in [-0.2, -0.15) is 0 Å². The van der Waals surface area contributed by atoms with Crippen LogP contribution in [0.2, 0.25) is 0 Å². The highest BCUT2D eigenvalue weighted by atomic mass is 16.5. The predicted octanol–water partition coefficient (Wildman–Crippen LogP) is 4.08. The zero-order valence-corrected chi connectivity index (χ0v) is 13.4. The number of ether oxygens (including phenoxy) is 2. The van der Waals surface area contributed by atoms with Crippen molar-refractivity contribution in [2.24, 2.45) is 5.73 Å². The predicted molar refractivity (Wildman–Crippen MR) is 87.1 cm³/mol. The Morgan fingerprint density at radius 2 is 1.90 bits per heavy atom. The molecule has 0 spiro atoms. The second kappa shape index (κ2) is 8.28. The van der Waals surface area contributed by atoms with Gasteiger partial charge < -0.3 is 15.2 Å². The maximum Gasteiger partial charge on any atom is 0.161 e. The van der Waals surface area contributed by atoms with Crippen LogP contribution in [0.4, 0.5) is 0 Å². The van der Waals surface area contributed by atoms with E-state index in [-0.39, 0.29) is 6.04 Å². The van der Waals surface area contributed by atoms with Crippen LogP contribution in [0.25, 0.3) is 0 Å². The van der Waals surface area contributed by atoms with Crippen molar-refractivity contribution in [3.63, 3.8) is 0 Å². The molecule has 1 saturated carbocycles. The second-order valence-corrected chi connectivity index (χ2v) is 5.96. The molecule has 0 aromatic heterocycles. The van der Waals surface area contributed by atoms with E-state index in [4.69, 9.17) is 15.2 Å². The minimum Gasteiger partial charge on any atom is -0.490 e. The van der Waals surface area contributed by atoms with Crippen molar-refractivity contribution in [1.29, 1.82) is 0 Å². The van der Waals surface area contributed by atoms with Gasteiger partial charge in [0.05, 0.1) is 12.7 Å². The summed E-state index contributed by atoms with van der Waals surface area (Å²) < 4.78 is 11.9. The van der Waals surface area contributed by atoms with Crippen LogP contribution in [-0.4, -0.2) is 18.8 Å². The Bertz CT molecular complexity index is 427. The van der Waals surface area contributed by atoms with Crippen LogP contribution in [0.1, 0.15) is 57.9 Å². The molecule has 21 heavy (non-hydrogen) atoms. The highest BCUT2D eigenvalue weighted by molar-refractivity contribution is 5.43. The van der Waals surface area contributed by atoms with Crippen molar-refractivity contribution in [3.8, 4) is 11.5 Å². The zero-order valence-electron chi connectivity index (χ0n) is 13.4. The number of rotatable bonds is 7. The second-order valence-electron chi connectivity index (χ2n) is 5.96. The van der Waals surface area contributed by atoms with Gasteiger partial charge in [0, 0.05) is 6.04 Å².